The van der Waals surface area contributed by atoms with E-state index in [2.05, 4.69) is 15.5 Å². The molecule has 0 bridgehead atoms. The summed E-state index contributed by atoms with van der Waals surface area (Å²) in [6.45, 7) is 3.78. The lowest BCUT2D eigenvalue weighted by Crippen LogP contribution is -2.41. The summed E-state index contributed by atoms with van der Waals surface area (Å²) in [7, 11) is 0. The fourth-order valence-electron chi connectivity index (χ4n) is 1.88. The Hall–Kier alpha value is -1.56. The maximum atomic E-state index is 12.0. The van der Waals surface area contributed by atoms with E-state index in [0.717, 1.165) is 18.5 Å². The molecular formula is C12H20N4O2. The first-order chi connectivity index (χ1) is 8.54. The molecule has 1 atom stereocenters. The van der Waals surface area contributed by atoms with Crippen LogP contribution in [0.5, 0.6) is 0 Å². The summed E-state index contributed by atoms with van der Waals surface area (Å²) in [4.78, 5) is 12.0. The summed E-state index contributed by atoms with van der Waals surface area (Å²) in [5.41, 5.74) is 7.46. The second kappa shape index (κ2) is 4.97. The summed E-state index contributed by atoms with van der Waals surface area (Å²) in [6.07, 6.45) is 2.19. The van der Waals surface area contributed by atoms with Crippen molar-refractivity contribution in [1.29, 1.82) is 0 Å². The Morgan fingerprint density at radius 3 is 2.78 bits per heavy atom. The molecule has 6 nitrogen and oxygen atoms in total. The fraction of sp³-hybridized carbons (Fsp3) is 0.667. The number of carbonyl (C=O) groups excluding carboxylic acids is 1. The van der Waals surface area contributed by atoms with Gasteiger partial charge in [-0.3, -0.25) is 9.89 Å². The summed E-state index contributed by atoms with van der Waals surface area (Å²) in [5.74, 6) is 0.253. The maximum Gasteiger partial charge on any atom is 0.274 e. The number of aliphatic hydroxyl groups is 1. The lowest BCUT2D eigenvalue weighted by atomic mass is 10.1. The normalized spacial score (nSPS) is 16.9. The van der Waals surface area contributed by atoms with Crippen molar-refractivity contribution in [3.05, 3.63) is 11.4 Å². The fourth-order valence-corrected chi connectivity index (χ4v) is 1.88. The van der Waals surface area contributed by atoms with Gasteiger partial charge in [0.1, 0.15) is 0 Å². The van der Waals surface area contributed by atoms with Crippen LogP contribution in [0.1, 0.15) is 48.8 Å². The second-order valence-electron chi connectivity index (χ2n) is 5.18. The van der Waals surface area contributed by atoms with E-state index in [9.17, 15) is 9.90 Å². The van der Waals surface area contributed by atoms with Crippen LogP contribution in [0.3, 0.4) is 0 Å². The number of rotatable bonds is 5. The molecule has 5 N–H and O–H groups in total. The summed E-state index contributed by atoms with van der Waals surface area (Å²) >= 11 is 0. The average Bonchev–Trinajstić information content (AvgIpc) is 3.09. The Morgan fingerprint density at radius 1 is 1.61 bits per heavy atom. The topological polar surface area (TPSA) is 104 Å². The number of aromatic amines is 1. The summed E-state index contributed by atoms with van der Waals surface area (Å²) < 4.78 is 0. The number of nitrogens with one attached hydrogen (secondary N) is 2. The molecule has 1 aromatic rings. The molecule has 6 heteroatoms. The molecule has 1 amide bonds. The minimum absolute atomic E-state index is 0.0940. The Labute approximate surface area is 106 Å². The number of hydrogen-bond donors (Lipinski definition) is 4. The molecule has 0 spiro atoms. The molecule has 100 valence electrons. The first-order valence-corrected chi connectivity index (χ1v) is 6.30. The highest BCUT2D eigenvalue weighted by Gasteiger charge is 2.30. The van der Waals surface area contributed by atoms with Gasteiger partial charge in [-0.2, -0.15) is 5.10 Å². The van der Waals surface area contributed by atoms with E-state index in [-0.39, 0.29) is 30.2 Å². The van der Waals surface area contributed by atoms with Crippen LogP contribution in [0.15, 0.2) is 0 Å². The van der Waals surface area contributed by atoms with Gasteiger partial charge in [-0.05, 0) is 18.8 Å². The number of amides is 1. The Kier molecular flexibility index (Phi) is 3.56. The van der Waals surface area contributed by atoms with Crippen LogP contribution in [0, 0.1) is 5.92 Å². The number of nitrogens with zero attached hydrogens (tertiary/aromatic N) is 1. The van der Waals surface area contributed by atoms with Crippen LogP contribution in [0.2, 0.25) is 0 Å². The van der Waals surface area contributed by atoms with Gasteiger partial charge in [0.2, 0.25) is 0 Å². The number of hydrogen-bond acceptors (Lipinski definition) is 4. The van der Waals surface area contributed by atoms with Crippen molar-refractivity contribution in [3.63, 3.8) is 0 Å². The maximum absolute atomic E-state index is 12.0. The molecule has 2 rings (SSSR count). The summed E-state index contributed by atoms with van der Waals surface area (Å²) in [6, 6.07) is -0.280. The van der Waals surface area contributed by atoms with Gasteiger partial charge in [-0.25, -0.2) is 0 Å². The van der Waals surface area contributed by atoms with Crippen molar-refractivity contribution < 1.29 is 9.90 Å². The van der Waals surface area contributed by atoms with E-state index in [0.29, 0.717) is 11.6 Å². The zero-order chi connectivity index (χ0) is 13.3. The molecular weight excluding hydrogens is 232 g/mol. The average molecular weight is 252 g/mol. The predicted octanol–water partition coefficient (Wildman–Crippen LogP) is 0.616. The van der Waals surface area contributed by atoms with Gasteiger partial charge in [-0.1, -0.05) is 13.8 Å². The lowest BCUT2D eigenvalue weighted by molar-refractivity contribution is 0.0892. The smallest absolute Gasteiger partial charge is 0.274 e. The third-order valence-electron chi connectivity index (χ3n) is 3.35. The van der Waals surface area contributed by atoms with Crippen molar-refractivity contribution in [2.75, 3.05) is 12.3 Å². The van der Waals surface area contributed by atoms with Gasteiger partial charge in [0, 0.05) is 5.92 Å². The van der Waals surface area contributed by atoms with Gasteiger partial charge in [-0.15, -0.1) is 0 Å². The summed E-state index contributed by atoms with van der Waals surface area (Å²) in [5, 5.41) is 18.8. The molecule has 1 saturated carbocycles. The first-order valence-electron chi connectivity index (χ1n) is 6.30. The number of carbonyl (C=O) groups is 1. The third-order valence-corrected chi connectivity index (χ3v) is 3.35. The largest absolute Gasteiger partial charge is 0.395 e. The highest BCUT2D eigenvalue weighted by molar-refractivity contribution is 5.97. The highest BCUT2D eigenvalue weighted by Crippen LogP contribution is 2.42. The van der Waals surface area contributed by atoms with Crippen molar-refractivity contribution in [2.24, 2.45) is 5.92 Å². The standard InChI is InChI=1S/C12H20N4O2/c1-6(2)8(5-17)14-12(18)11-9(13)10(15-16-11)7-3-4-7/h6-8,17H,3-5,13H2,1-2H3,(H,14,18)(H,15,16). The quantitative estimate of drug-likeness (QED) is 0.616. The number of nitrogens with two attached hydrogens (primary N) is 1. The van der Waals surface area contributed by atoms with Gasteiger partial charge < -0.3 is 16.2 Å². The van der Waals surface area contributed by atoms with Gasteiger partial charge in [0.15, 0.2) is 5.69 Å². The van der Waals surface area contributed by atoms with Crippen molar-refractivity contribution in [1.82, 2.24) is 15.5 Å². The Bertz CT molecular complexity index is 437. The van der Waals surface area contributed by atoms with Gasteiger partial charge >= 0.3 is 0 Å². The third kappa shape index (κ3) is 2.48. The van der Waals surface area contributed by atoms with Crippen LogP contribution < -0.4 is 11.1 Å². The van der Waals surface area contributed by atoms with E-state index >= 15 is 0 Å². The zero-order valence-corrected chi connectivity index (χ0v) is 10.7. The monoisotopic (exact) mass is 252 g/mol. The van der Waals surface area contributed by atoms with Gasteiger partial charge in [0.25, 0.3) is 5.91 Å². The van der Waals surface area contributed by atoms with E-state index in [1.165, 1.54) is 0 Å². The van der Waals surface area contributed by atoms with Crippen LogP contribution in [-0.4, -0.2) is 33.9 Å². The van der Waals surface area contributed by atoms with Crippen LogP contribution in [0.4, 0.5) is 5.69 Å². The highest BCUT2D eigenvalue weighted by atomic mass is 16.3. The Balaban J connectivity index is 2.08. The van der Waals surface area contributed by atoms with Crippen LogP contribution in [0.25, 0.3) is 0 Å². The molecule has 1 aromatic heterocycles. The van der Waals surface area contributed by atoms with Crippen molar-refractivity contribution >= 4 is 11.6 Å². The first kappa shape index (κ1) is 12.9. The minimum Gasteiger partial charge on any atom is -0.395 e. The van der Waals surface area contributed by atoms with E-state index in [1.54, 1.807) is 0 Å². The van der Waals surface area contributed by atoms with Crippen molar-refractivity contribution in [2.45, 2.75) is 38.6 Å². The number of anilines is 1. The Morgan fingerprint density at radius 2 is 2.28 bits per heavy atom. The van der Waals surface area contributed by atoms with E-state index in [4.69, 9.17) is 5.73 Å². The van der Waals surface area contributed by atoms with Gasteiger partial charge in [0.05, 0.1) is 24.0 Å². The van der Waals surface area contributed by atoms with E-state index in [1.807, 2.05) is 13.8 Å². The SMILES string of the molecule is CC(C)C(CO)NC(=O)c1n[nH]c(C2CC2)c1N. The minimum atomic E-state index is -0.330. The predicted molar refractivity (Wildman–Crippen MR) is 68.2 cm³/mol. The molecule has 1 aliphatic rings. The second-order valence-corrected chi connectivity index (χ2v) is 5.18. The van der Waals surface area contributed by atoms with E-state index < -0.39 is 0 Å². The zero-order valence-electron chi connectivity index (χ0n) is 10.7. The lowest BCUT2D eigenvalue weighted by Gasteiger charge is -2.19. The molecule has 1 fully saturated rings. The molecule has 18 heavy (non-hydrogen) atoms. The van der Waals surface area contributed by atoms with Crippen molar-refractivity contribution in [3.8, 4) is 0 Å². The number of nitrogen functional groups attached to an aromatic ring is 1. The molecule has 0 saturated heterocycles. The molecule has 1 unspecified atom stereocenters. The number of H-pyrrole nitrogens is 1. The van der Waals surface area contributed by atoms with Crippen LogP contribution in [-0.2, 0) is 0 Å². The molecule has 0 aliphatic heterocycles. The molecule has 0 aromatic carbocycles. The number of aliphatic hydroxyl groups excluding tert-OH is 1. The number of aromatic nitrogens is 2. The molecule has 1 heterocycles. The molecule has 1 aliphatic carbocycles. The van der Waals surface area contributed by atoms with Crippen LogP contribution >= 0.6 is 0 Å². The molecule has 0 radical (unpaired) electrons.